The van der Waals surface area contributed by atoms with Crippen molar-refractivity contribution in [3.63, 3.8) is 0 Å². The molecule has 29 heavy (non-hydrogen) atoms. The van der Waals surface area contributed by atoms with Crippen molar-refractivity contribution in [2.45, 2.75) is 63.8 Å². The fourth-order valence-electron chi connectivity index (χ4n) is 4.14. The molecule has 1 amide bonds. The van der Waals surface area contributed by atoms with E-state index in [0.29, 0.717) is 50.9 Å². The molecule has 2 aliphatic rings. The zero-order valence-electron chi connectivity index (χ0n) is 16.8. The van der Waals surface area contributed by atoms with Gasteiger partial charge in [0.05, 0.1) is 17.6 Å². The van der Waals surface area contributed by atoms with Gasteiger partial charge in [0.15, 0.2) is 6.10 Å². The van der Waals surface area contributed by atoms with E-state index in [4.69, 9.17) is 9.47 Å². The molecule has 1 atom stereocenters. The lowest BCUT2D eigenvalue weighted by Gasteiger charge is -2.40. The summed E-state index contributed by atoms with van der Waals surface area (Å²) in [6.45, 7) is 4.22. The van der Waals surface area contributed by atoms with Crippen LogP contribution >= 0.6 is 0 Å². The molecule has 1 saturated heterocycles. The molecule has 1 aliphatic heterocycles. The van der Waals surface area contributed by atoms with Crippen molar-refractivity contribution in [1.82, 2.24) is 0 Å². The van der Waals surface area contributed by atoms with E-state index in [1.165, 1.54) is 12.1 Å². The number of anilines is 1. The first-order valence-corrected chi connectivity index (χ1v) is 10.0. The second-order valence-corrected chi connectivity index (χ2v) is 8.14. The van der Waals surface area contributed by atoms with Crippen LogP contribution in [-0.4, -0.2) is 48.7 Å². The highest BCUT2D eigenvalue weighted by atomic mass is 19.4. The fraction of sp³-hybridized carbons (Fsp3) is 0.667. The maximum atomic E-state index is 13.1. The average Bonchev–Trinajstić information content (AvgIpc) is 2.99. The summed E-state index contributed by atoms with van der Waals surface area (Å²) in [6.07, 6.45) is -3.36. The molecule has 1 heterocycles. The maximum Gasteiger partial charge on any atom is 0.425 e. The number of aliphatic hydroxyl groups is 1. The van der Waals surface area contributed by atoms with Crippen LogP contribution in [0.5, 0.6) is 5.75 Å². The van der Waals surface area contributed by atoms with E-state index in [9.17, 15) is 23.1 Å². The summed E-state index contributed by atoms with van der Waals surface area (Å²) in [7, 11) is 0. The maximum absolute atomic E-state index is 13.1. The highest BCUT2D eigenvalue weighted by Gasteiger charge is 2.51. The number of hydrogen-bond acceptors (Lipinski definition) is 4. The number of rotatable bonds is 6. The molecule has 2 fully saturated rings. The Bertz CT molecular complexity index is 712. The second-order valence-electron chi connectivity index (χ2n) is 8.14. The van der Waals surface area contributed by atoms with E-state index in [-0.39, 0.29) is 18.3 Å². The van der Waals surface area contributed by atoms with Crippen LogP contribution < -0.4 is 9.64 Å². The van der Waals surface area contributed by atoms with Gasteiger partial charge in [0, 0.05) is 18.8 Å². The highest BCUT2D eigenvalue weighted by molar-refractivity contribution is 6.00. The van der Waals surface area contributed by atoms with Gasteiger partial charge < -0.3 is 19.5 Å². The summed E-state index contributed by atoms with van der Waals surface area (Å²) in [5.74, 6) is 0.131. The van der Waals surface area contributed by atoms with Gasteiger partial charge >= 0.3 is 6.18 Å². The second kappa shape index (κ2) is 8.14. The molecule has 0 unspecified atom stereocenters. The Hall–Kier alpha value is -1.80. The van der Waals surface area contributed by atoms with E-state index in [2.05, 4.69) is 0 Å². The van der Waals surface area contributed by atoms with Crippen molar-refractivity contribution >= 4 is 11.6 Å². The molecule has 0 bridgehead atoms. The van der Waals surface area contributed by atoms with Crippen LogP contribution in [0.4, 0.5) is 18.9 Å². The minimum atomic E-state index is -4.43. The zero-order valence-corrected chi connectivity index (χ0v) is 16.8. The van der Waals surface area contributed by atoms with Gasteiger partial charge in [-0.3, -0.25) is 4.79 Å². The van der Waals surface area contributed by atoms with Crippen LogP contribution in [-0.2, 0) is 9.53 Å². The molecule has 1 spiro atoms. The monoisotopic (exact) mass is 415 g/mol. The standard InChI is InChI=1S/C21H28F3NO4/c1-3-28-14-20(27)10-8-19(9-11-20)12-13-25(18(19)26)16-4-6-17(7-5-16)29-15(2)21(22,23)24/h4-7,15,27H,3,8-14H2,1-2H3/t15-,19-,20-/m1/s1. The van der Waals surface area contributed by atoms with Gasteiger partial charge in [-0.1, -0.05) is 0 Å². The molecular formula is C21H28F3NO4. The van der Waals surface area contributed by atoms with Crippen LogP contribution in [0.1, 0.15) is 46.0 Å². The number of amides is 1. The lowest BCUT2D eigenvalue weighted by molar-refractivity contribution is -0.189. The lowest BCUT2D eigenvalue weighted by atomic mass is 9.68. The molecule has 0 radical (unpaired) electrons. The van der Waals surface area contributed by atoms with E-state index in [1.54, 1.807) is 17.0 Å². The minimum absolute atomic E-state index is 0.0216. The quantitative estimate of drug-likeness (QED) is 0.761. The van der Waals surface area contributed by atoms with Crippen LogP contribution in [0.2, 0.25) is 0 Å². The molecule has 1 aliphatic carbocycles. The van der Waals surface area contributed by atoms with Crippen molar-refractivity contribution in [3.05, 3.63) is 24.3 Å². The number of ether oxygens (including phenoxy) is 2. The summed E-state index contributed by atoms with van der Waals surface area (Å²) in [5.41, 5.74) is -0.698. The first-order valence-electron chi connectivity index (χ1n) is 10.0. The number of halogens is 3. The van der Waals surface area contributed by atoms with Crippen molar-refractivity contribution < 1.29 is 32.5 Å². The third kappa shape index (κ3) is 4.69. The van der Waals surface area contributed by atoms with E-state index in [1.807, 2.05) is 6.92 Å². The predicted molar refractivity (Wildman–Crippen MR) is 102 cm³/mol. The number of hydrogen-bond donors (Lipinski definition) is 1. The number of alkyl halides is 3. The molecule has 1 aromatic carbocycles. The first-order chi connectivity index (χ1) is 13.6. The normalized spacial score (nSPS) is 28.8. The number of benzene rings is 1. The van der Waals surface area contributed by atoms with Crippen molar-refractivity contribution in [3.8, 4) is 5.75 Å². The topological polar surface area (TPSA) is 59.0 Å². The summed E-state index contributed by atoms with van der Waals surface area (Å²) >= 11 is 0. The SMILES string of the molecule is CCOC[C@]1(O)CC[C@@]2(CCN(c3ccc(O[C@H](C)C(F)(F)F)cc3)C2=O)CC1. The highest BCUT2D eigenvalue weighted by Crippen LogP contribution is 2.48. The first kappa shape index (κ1) is 21.9. The van der Waals surface area contributed by atoms with Gasteiger partial charge in [0.1, 0.15) is 5.75 Å². The molecule has 1 saturated carbocycles. The Morgan fingerprint density at radius 2 is 1.76 bits per heavy atom. The van der Waals surface area contributed by atoms with Crippen molar-refractivity contribution in [2.75, 3.05) is 24.7 Å². The van der Waals surface area contributed by atoms with Crippen LogP contribution in [0, 0.1) is 5.41 Å². The van der Waals surface area contributed by atoms with E-state index in [0.717, 1.165) is 6.92 Å². The molecular weight excluding hydrogens is 387 g/mol. The number of carbonyl (C=O) groups is 1. The van der Waals surface area contributed by atoms with Gasteiger partial charge in [-0.2, -0.15) is 13.2 Å². The summed E-state index contributed by atoms with van der Waals surface area (Å²) < 4.78 is 48.2. The predicted octanol–water partition coefficient (Wildman–Crippen LogP) is 4.08. The van der Waals surface area contributed by atoms with Gasteiger partial charge in [0.25, 0.3) is 0 Å². The third-order valence-corrected chi connectivity index (χ3v) is 6.15. The average molecular weight is 415 g/mol. The van der Waals surface area contributed by atoms with Crippen LogP contribution in [0.3, 0.4) is 0 Å². The molecule has 1 N–H and O–H groups in total. The van der Waals surface area contributed by atoms with Gasteiger partial charge in [-0.15, -0.1) is 0 Å². The number of nitrogens with zero attached hydrogens (tertiary/aromatic N) is 1. The van der Waals surface area contributed by atoms with Crippen molar-refractivity contribution in [2.24, 2.45) is 5.41 Å². The van der Waals surface area contributed by atoms with E-state index < -0.39 is 23.3 Å². The van der Waals surface area contributed by atoms with Gasteiger partial charge in [-0.25, -0.2) is 0 Å². The summed E-state index contributed by atoms with van der Waals surface area (Å²) in [5, 5.41) is 10.6. The van der Waals surface area contributed by atoms with Gasteiger partial charge in [0.2, 0.25) is 5.91 Å². The van der Waals surface area contributed by atoms with E-state index >= 15 is 0 Å². The Labute approximate surface area is 168 Å². The number of carbonyl (C=O) groups excluding carboxylic acids is 1. The lowest BCUT2D eigenvalue weighted by Crippen LogP contribution is -2.45. The Balaban J connectivity index is 1.63. The Morgan fingerprint density at radius 1 is 1.14 bits per heavy atom. The molecule has 0 aromatic heterocycles. The Kier molecular flexibility index (Phi) is 6.15. The van der Waals surface area contributed by atoms with Gasteiger partial charge in [-0.05, 0) is 70.2 Å². The molecule has 3 rings (SSSR count). The molecule has 8 heteroatoms. The molecule has 5 nitrogen and oxygen atoms in total. The van der Waals surface area contributed by atoms with Crippen LogP contribution in [0.25, 0.3) is 0 Å². The zero-order chi connectivity index (χ0) is 21.3. The summed E-state index contributed by atoms with van der Waals surface area (Å²) in [4.78, 5) is 14.8. The smallest absolute Gasteiger partial charge is 0.425 e. The fourth-order valence-corrected chi connectivity index (χ4v) is 4.14. The third-order valence-electron chi connectivity index (χ3n) is 6.15. The minimum Gasteiger partial charge on any atom is -0.481 e. The van der Waals surface area contributed by atoms with Crippen molar-refractivity contribution in [1.29, 1.82) is 0 Å². The molecule has 1 aromatic rings. The largest absolute Gasteiger partial charge is 0.481 e. The van der Waals surface area contributed by atoms with Crippen LogP contribution in [0.15, 0.2) is 24.3 Å². The summed E-state index contributed by atoms with van der Waals surface area (Å²) in [6, 6.07) is 6.14. The Morgan fingerprint density at radius 3 is 2.31 bits per heavy atom. The molecule has 162 valence electrons.